The fraction of sp³-hybridized carbons (Fsp3) is 0.294. The Labute approximate surface area is 130 Å². The monoisotopic (exact) mass is 305 g/mol. The van der Waals surface area contributed by atoms with Crippen LogP contribution in [0.4, 0.5) is 5.69 Å². The molecule has 0 saturated heterocycles. The summed E-state index contributed by atoms with van der Waals surface area (Å²) in [7, 11) is 0. The molecule has 3 nitrogen and oxygen atoms in total. The van der Waals surface area contributed by atoms with Gasteiger partial charge in [0.2, 0.25) is 0 Å². The van der Waals surface area contributed by atoms with Gasteiger partial charge in [-0.25, -0.2) is 0 Å². The first-order valence-electron chi connectivity index (χ1n) is 7.06. The predicted molar refractivity (Wildman–Crippen MR) is 87.3 cm³/mol. The third-order valence-electron chi connectivity index (χ3n) is 3.14. The number of rotatable bonds is 7. The standard InChI is InChI=1S/C17H20ClNO2/c1-2-13-6-8-17(9-7-13)21-12-16(20)11-19-15-5-3-4-14(18)10-15/h3-10,16,19-20H,2,11-12H2,1H3. The summed E-state index contributed by atoms with van der Waals surface area (Å²) in [5, 5.41) is 13.7. The molecular formula is C17H20ClNO2. The first-order chi connectivity index (χ1) is 10.2. The van der Waals surface area contributed by atoms with E-state index in [1.807, 2.05) is 48.5 Å². The largest absolute Gasteiger partial charge is 0.491 e. The summed E-state index contributed by atoms with van der Waals surface area (Å²) in [5.41, 5.74) is 2.15. The van der Waals surface area contributed by atoms with E-state index in [0.717, 1.165) is 17.9 Å². The zero-order chi connectivity index (χ0) is 15.1. The van der Waals surface area contributed by atoms with Crippen molar-refractivity contribution in [1.82, 2.24) is 0 Å². The van der Waals surface area contributed by atoms with E-state index in [0.29, 0.717) is 11.6 Å². The second kappa shape index (κ2) is 7.91. The summed E-state index contributed by atoms with van der Waals surface area (Å²) >= 11 is 5.90. The number of aliphatic hydroxyl groups is 1. The van der Waals surface area contributed by atoms with Crippen molar-refractivity contribution in [3.8, 4) is 5.75 Å². The molecule has 0 aliphatic heterocycles. The van der Waals surface area contributed by atoms with Crippen LogP contribution in [0.15, 0.2) is 48.5 Å². The Morgan fingerprint density at radius 3 is 2.62 bits per heavy atom. The van der Waals surface area contributed by atoms with E-state index in [2.05, 4.69) is 12.2 Å². The van der Waals surface area contributed by atoms with Gasteiger partial charge in [0.15, 0.2) is 0 Å². The Balaban J connectivity index is 1.75. The quantitative estimate of drug-likeness (QED) is 0.818. The van der Waals surface area contributed by atoms with Crippen LogP contribution in [-0.2, 0) is 6.42 Å². The van der Waals surface area contributed by atoms with Crippen molar-refractivity contribution >= 4 is 17.3 Å². The Kier molecular flexibility index (Phi) is 5.90. The highest BCUT2D eigenvalue weighted by atomic mass is 35.5. The lowest BCUT2D eigenvalue weighted by Crippen LogP contribution is -2.26. The smallest absolute Gasteiger partial charge is 0.119 e. The minimum atomic E-state index is -0.588. The number of aryl methyl sites for hydroxylation is 1. The molecule has 0 bridgehead atoms. The van der Waals surface area contributed by atoms with Crippen LogP contribution in [0, 0.1) is 0 Å². The molecule has 0 radical (unpaired) electrons. The summed E-state index contributed by atoms with van der Waals surface area (Å²) < 4.78 is 5.56. The molecule has 112 valence electrons. The van der Waals surface area contributed by atoms with E-state index in [1.165, 1.54) is 5.56 Å². The van der Waals surface area contributed by atoms with Gasteiger partial charge in [-0.05, 0) is 42.3 Å². The number of benzene rings is 2. The molecule has 0 heterocycles. The zero-order valence-electron chi connectivity index (χ0n) is 12.1. The Morgan fingerprint density at radius 1 is 1.19 bits per heavy atom. The molecule has 2 aromatic carbocycles. The van der Waals surface area contributed by atoms with Gasteiger partial charge in [0.25, 0.3) is 0 Å². The van der Waals surface area contributed by atoms with Crippen molar-refractivity contribution in [3.63, 3.8) is 0 Å². The summed E-state index contributed by atoms with van der Waals surface area (Å²) in [6.07, 6.45) is 0.418. The molecule has 0 spiro atoms. The number of aliphatic hydroxyl groups excluding tert-OH is 1. The molecule has 21 heavy (non-hydrogen) atoms. The molecule has 2 aromatic rings. The second-order valence-corrected chi connectivity index (χ2v) is 5.29. The number of hydrogen-bond donors (Lipinski definition) is 2. The number of hydrogen-bond acceptors (Lipinski definition) is 3. The fourth-order valence-electron chi connectivity index (χ4n) is 1.91. The van der Waals surface area contributed by atoms with Crippen molar-refractivity contribution in [3.05, 3.63) is 59.1 Å². The van der Waals surface area contributed by atoms with Gasteiger partial charge in [0.05, 0.1) is 0 Å². The van der Waals surface area contributed by atoms with Crippen molar-refractivity contribution in [1.29, 1.82) is 0 Å². The maximum atomic E-state index is 9.92. The van der Waals surface area contributed by atoms with Crippen LogP contribution in [0.1, 0.15) is 12.5 Å². The van der Waals surface area contributed by atoms with Crippen LogP contribution in [0.2, 0.25) is 5.02 Å². The van der Waals surface area contributed by atoms with E-state index in [1.54, 1.807) is 0 Å². The van der Waals surface area contributed by atoms with Crippen molar-refractivity contribution in [2.24, 2.45) is 0 Å². The van der Waals surface area contributed by atoms with E-state index in [9.17, 15) is 5.11 Å². The summed E-state index contributed by atoms with van der Waals surface area (Å²) in [6, 6.07) is 15.3. The van der Waals surface area contributed by atoms with Gasteiger partial charge in [0.1, 0.15) is 18.5 Å². The van der Waals surface area contributed by atoms with Gasteiger partial charge in [-0.2, -0.15) is 0 Å². The molecule has 2 rings (SSSR count). The number of nitrogens with one attached hydrogen (secondary N) is 1. The molecule has 0 aromatic heterocycles. The zero-order valence-corrected chi connectivity index (χ0v) is 12.8. The summed E-state index contributed by atoms with van der Waals surface area (Å²) in [4.78, 5) is 0. The Bertz CT molecular complexity index is 557. The van der Waals surface area contributed by atoms with Crippen molar-refractivity contribution in [2.45, 2.75) is 19.4 Å². The van der Waals surface area contributed by atoms with E-state index >= 15 is 0 Å². The lowest BCUT2D eigenvalue weighted by atomic mass is 10.2. The molecular weight excluding hydrogens is 286 g/mol. The highest BCUT2D eigenvalue weighted by Gasteiger charge is 2.05. The van der Waals surface area contributed by atoms with Gasteiger partial charge in [0, 0.05) is 17.3 Å². The third-order valence-corrected chi connectivity index (χ3v) is 3.38. The SMILES string of the molecule is CCc1ccc(OCC(O)CNc2cccc(Cl)c2)cc1. The first-order valence-corrected chi connectivity index (χ1v) is 7.44. The molecule has 1 atom stereocenters. The normalized spacial score (nSPS) is 12.0. The topological polar surface area (TPSA) is 41.5 Å². The van der Waals surface area contributed by atoms with Crippen LogP contribution in [-0.4, -0.2) is 24.4 Å². The van der Waals surface area contributed by atoms with Crippen LogP contribution >= 0.6 is 11.6 Å². The lowest BCUT2D eigenvalue weighted by molar-refractivity contribution is 0.117. The Hall–Kier alpha value is -1.71. The number of anilines is 1. The number of halogens is 1. The van der Waals surface area contributed by atoms with Gasteiger partial charge in [-0.1, -0.05) is 36.7 Å². The van der Waals surface area contributed by atoms with Crippen LogP contribution in [0.25, 0.3) is 0 Å². The average molecular weight is 306 g/mol. The molecule has 0 fully saturated rings. The van der Waals surface area contributed by atoms with Crippen LogP contribution in [0.5, 0.6) is 5.75 Å². The van der Waals surface area contributed by atoms with Gasteiger partial charge >= 0.3 is 0 Å². The molecule has 2 N–H and O–H groups in total. The minimum Gasteiger partial charge on any atom is -0.491 e. The minimum absolute atomic E-state index is 0.249. The van der Waals surface area contributed by atoms with Gasteiger partial charge in [-0.15, -0.1) is 0 Å². The average Bonchev–Trinajstić information content (AvgIpc) is 2.51. The Morgan fingerprint density at radius 2 is 1.95 bits per heavy atom. The molecule has 0 aliphatic rings. The molecule has 4 heteroatoms. The van der Waals surface area contributed by atoms with E-state index < -0.39 is 6.10 Å². The lowest BCUT2D eigenvalue weighted by Gasteiger charge is -2.14. The fourth-order valence-corrected chi connectivity index (χ4v) is 2.10. The molecule has 1 unspecified atom stereocenters. The first kappa shape index (κ1) is 15.7. The molecule has 0 aliphatic carbocycles. The van der Waals surface area contributed by atoms with E-state index in [-0.39, 0.29) is 6.61 Å². The summed E-state index contributed by atoms with van der Waals surface area (Å²) in [5.74, 6) is 0.772. The number of ether oxygens (including phenoxy) is 1. The highest BCUT2D eigenvalue weighted by molar-refractivity contribution is 6.30. The third kappa shape index (κ3) is 5.29. The maximum absolute atomic E-state index is 9.92. The second-order valence-electron chi connectivity index (χ2n) is 4.85. The summed E-state index contributed by atoms with van der Waals surface area (Å²) in [6.45, 7) is 2.77. The highest BCUT2D eigenvalue weighted by Crippen LogP contribution is 2.15. The van der Waals surface area contributed by atoms with Crippen molar-refractivity contribution in [2.75, 3.05) is 18.5 Å². The predicted octanol–water partition coefficient (Wildman–Crippen LogP) is 3.75. The van der Waals surface area contributed by atoms with Gasteiger partial charge < -0.3 is 15.2 Å². The maximum Gasteiger partial charge on any atom is 0.119 e. The van der Waals surface area contributed by atoms with E-state index in [4.69, 9.17) is 16.3 Å². The van der Waals surface area contributed by atoms with Crippen LogP contribution < -0.4 is 10.1 Å². The molecule has 0 amide bonds. The van der Waals surface area contributed by atoms with Crippen molar-refractivity contribution < 1.29 is 9.84 Å². The van der Waals surface area contributed by atoms with Crippen LogP contribution in [0.3, 0.4) is 0 Å². The van der Waals surface area contributed by atoms with Gasteiger partial charge in [-0.3, -0.25) is 0 Å². The molecule has 0 saturated carbocycles.